The highest BCUT2D eigenvalue weighted by molar-refractivity contribution is 5.17. The second kappa shape index (κ2) is 2.06. The van der Waals surface area contributed by atoms with Gasteiger partial charge in [0.15, 0.2) is 0 Å². The highest BCUT2D eigenvalue weighted by Gasteiger charge is 2.68. The van der Waals surface area contributed by atoms with E-state index in [-0.39, 0.29) is 0 Å². The van der Waals surface area contributed by atoms with Gasteiger partial charge in [0.25, 0.3) is 0 Å². The molecule has 0 aromatic heterocycles. The molecule has 2 aliphatic carbocycles. The molecule has 0 bridgehead atoms. The van der Waals surface area contributed by atoms with Gasteiger partial charge in [0.2, 0.25) is 0 Å². The van der Waals surface area contributed by atoms with Gasteiger partial charge >= 0.3 is 0 Å². The van der Waals surface area contributed by atoms with Gasteiger partial charge in [0, 0.05) is 13.1 Å². The molecule has 0 aromatic carbocycles. The van der Waals surface area contributed by atoms with Crippen molar-refractivity contribution in [2.45, 2.75) is 26.2 Å². The summed E-state index contributed by atoms with van der Waals surface area (Å²) in [6.07, 6.45) is 4.52. The highest BCUT2D eigenvalue weighted by atomic mass is 15.2. The molecule has 68 valence electrons. The summed E-state index contributed by atoms with van der Waals surface area (Å²) in [5, 5.41) is 0. The van der Waals surface area contributed by atoms with E-state index in [9.17, 15) is 0 Å². The van der Waals surface area contributed by atoms with Crippen LogP contribution in [-0.2, 0) is 0 Å². The van der Waals surface area contributed by atoms with Crippen molar-refractivity contribution in [3.05, 3.63) is 0 Å². The summed E-state index contributed by atoms with van der Waals surface area (Å²) in [6, 6.07) is 0. The molecule has 4 atom stereocenters. The van der Waals surface area contributed by atoms with Gasteiger partial charge in [-0.25, -0.2) is 0 Å². The predicted octanol–water partition coefficient (Wildman–Crippen LogP) is 1.98. The van der Waals surface area contributed by atoms with Crippen LogP contribution in [0, 0.1) is 23.2 Å². The van der Waals surface area contributed by atoms with E-state index in [4.69, 9.17) is 0 Å². The quantitative estimate of drug-likeness (QED) is 0.574. The van der Waals surface area contributed by atoms with E-state index in [2.05, 4.69) is 18.9 Å². The molecule has 0 amide bonds. The summed E-state index contributed by atoms with van der Waals surface area (Å²) in [6.45, 7) is 5.19. The molecule has 3 unspecified atom stereocenters. The standard InChI is InChI=1S/C11H19N/c1-3-8-9-4-5-11(9)7-12(2)6-10(8)11/h8-10H,3-7H2,1-2H3/t8?,9-,10?,11?/m0/s1. The van der Waals surface area contributed by atoms with E-state index in [1.165, 1.54) is 19.5 Å². The minimum absolute atomic E-state index is 0.843. The number of hydrogen-bond donors (Lipinski definition) is 0. The number of hydrogen-bond acceptors (Lipinski definition) is 1. The molecule has 1 nitrogen and oxygen atoms in total. The van der Waals surface area contributed by atoms with Gasteiger partial charge in [-0.2, -0.15) is 0 Å². The van der Waals surface area contributed by atoms with E-state index in [1.807, 2.05) is 0 Å². The van der Waals surface area contributed by atoms with E-state index in [1.54, 1.807) is 12.8 Å². The van der Waals surface area contributed by atoms with Gasteiger partial charge in [0.1, 0.15) is 0 Å². The van der Waals surface area contributed by atoms with E-state index in [0.29, 0.717) is 0 Å². The minimum Gasteiger partial charge on any atom is -0.305 e. The Morgan fingerprint density at radius 3 is 2.83 bits per heavy atom. The predicted molar refractivity (Wildman–Crippen MR) is 49.9 cm³/mol. The van der Waals surface area contributed by atoms with Crippen LogP contribution in [-0.4, -0.2) is 25.0 Å². The van der Waals surface area contributed by atoms with Crippen LogP contribution in [0.1, 0.15) is 26.2 Å². The molecule has 3 aliphatic rings. The molecule has 12 heavy (non-hydrogen) atoms. The second-order valence-corrected chi connectivity index (χ2v) is 5.25. The van der Waals surface area contributed by atoms with Crippen LogP contribution in [0.3, 0.4) is 0 Å². The zero-order valence-corrected chi connectivity index (χ0v) is 8.21. The number of rotatable bonds is 1. The molecule has 2 saturated carbocycles. The lowest BCUT2D eigenvalue weighted by molar-refractivity contribution is -0.169. The van der Waals surface area contributed by atoms with Crippen LogP contribution < -0.4 is 0 Å². The molecule has 3 rings (SSSR count). The van der Waals surface area contributed by atoms with Crippen LogP contribution in [0.5, 0.6) is 0 Å². The van der Waals surface area contributed by atoms with Crippen molar-refractivity contribution in [2.24, 2.45) is 23.2 Å². The fourth-order valence-corrected chi connectivity index (χ4v) is 4.47. The third kappa shape index (κ3) is 0.585. The van der Waals surface area contributed by atoms with Crippen molar-refractivity contribution in [3.63, 3.8) is 0 Å². The Morgan fingerprint density at radius 1 is 1.42 bits per heavy atom. The first-order valence-corrected chi connectivity index (χ1v) is 5.46. The SMILES string of the molecule is CCC1C2CN(C)CC23CC[C@@H]13. The summed E-state index contributed by atoms with van der Waals surface area (Å²) in [4.78, 5) is 2.56. The van der Waals surface area contributed by atoms with E-state index >= 15 is 0 Å². The molecular weight excluding hydrogens is 146 g/mol. The Kier molecular flexibility index (Phi) is 1.27. The molecule has 0 radical (unpaired) electrons. The van der Waals surface area contributed by atoms with E-state index in [0.717, 1.165) is 23.2 Å². The average Bonchev–Trinajstić information content (AvgIpc) is 2.36. The molecule has 3 fully saturated rings. The third-order valence-electron chi connectivity index (χ3n) is 4.98. The smallest absolute Gasteiger partial charge is 0.00411 e. The molecule has 0 aromatic rings. The van der Waals surface area contributed by atoms with Crippen LogP contribution >= 0.6 is 0 Å². The van der Waals surface area contributed by atoms with Crippen molar-refractivity contribution in [2.75, 3.05) is 20.1 Å². The van der Waals surface area contributed by atoms with Crippen molar-refractivity contribution in [3.8, 4) is 0 Å². The fourth-order valence-electron chi connectivity index (χ4n) is 4.47. The van der Waals surface area contributed by atoms with Crippen molar-refractivity contribution in [1.82, 2.24) is 4.90 Å². The molecule has 0 N–H and O–H groups in total. The van der Waals surface area contributed by atoms with Gasteiger partial charge in [0.05, 0.1) is 0 Å². The van der Waals surface area contributed by atoms with Crippen LogP contribution in [0.15, 0.2) is 0 Å². The van der Waals surface area contributed by atoms with Gasteiger partial charge < -0.3 is 4.90 Å². The molecule has 1 heterocycles. The molecule has 1 saturated heterocycles. The maximum absolute atomic E-state index is 2.56. The maximum atomic E-state index is 2.56. The third-order valence-corrected chi connectivity index (χ3v) is 4.98. The lowest BCUT2D eigenvalue weighted by Gasteiger charge is -2.66. The fraction of sp³-hybridized carbons (Fsp3) is 1.00. The van der Waals surface area contributed by atoms with Crippen LogP contribution in [0.2, 0.25) is 0 Å². The maximum Gasteiger partial charge on any atom is 0.00411 e. The Bertz CT molecular complexity index is 211. The first-order valence-electron chi connectivity index (χ1n) is 5.46. The van der Waals surface area contributed by atoms with E-state index < -0.39 is 0 Å². The second-order valence-electron chi connectivity index (χ2n) is 5.25. The van der Waals surface area contributed by atoms with Crippen LogP contribution in [0.25, 0.3) is 0 Å². The summed E-state index contributed by atoms with van der Waals surface area (Å²) in [5.74, 6) is 3.33. The Labute approximate surface area is 75.1 Å². The van der Waals surface area contributed by atoms with Crippen molar-refractivity contribution < 1.29 is 0 Å². The molecule has 1 heteroatoms. The lowest BCUT2D eigenvalue weighted by atomic mass is 9.38. The topological polar surface area (TPSA) is 3.24 Å². The summed E-state index contributed by atoms with van der Waals surface area (Å²) in [5.41, 5.74) is 0.843. The van der Waals surface area contributed by atoms with Gasteiger partial charge in [-0.1, -0.05) is 13.3 Å². The molecule has 1 aliphatic heterocycles. The van der Waals surface area contributed by atoms with Gasteiger partial charge in [-0.15, -0.1) is 0 Å². The van der Waals surface area contributed by atoms with Crippen molar-refractivity contribution in [1.29, 1.82) is 0 Å². The largest absolute Gasteiger partial charge is 0.305 e. The summed E-state index contributed by atoms with van der Waals surface area (Å²) >= 11 is 0. The Morgan fingerprint density at radius 2 is 2.25 bits per heavy atom. The average molecular weight is 165 g/mol. The van der Waals surface area contributed by atoms with Crippen LogP contribution in [0.4, 0.5) is 0 Å². The summed E-state index contributed by atoms with van der Waals surface area (Å²) < 4.78 is 0. The zero-order chi connectivity index (χ0) is 8.34. The minimum atomic E-state index is 0.843. The summed E-state index contributed by atoms with van der Waals surface area (Å²) in [7, 11) is 2.30. The van der Waals surface area contributed by atoms with Crippen molar-refractivity contribution >= 4 is 0 Å². The first-order chi connectivity index (χ1) is 5.78. The monoisotopic (exact) mass is 165 g/mol. The Hall–Kier alpha value is -0.0400. The van der Waals surface area contributed by atoms with Gasteiger partial charge in [-0.3, -0.25) is 0 Å². The number of likely N-dealkylation sites (tertiary alicyclic amines) is 1. The molecular formula is C11H19N. The lowest BCUT2D eigenvalue weighted by Crippen LogP contribution is -2.62. The van der Waals surface area contributed by atoms with Gasteiger partial charge in [-0.05, 0) is 43.1 Å². The zero-order valence-electron chi connectivity index (χ0n) is 8.21. The molecule has 1 spiro atoms. The highest BCUT2D eigenvalue weighted by Crippen LogP contribution is 2.71. The number of nitrogens with zero attached hydrogens (tertiary/aromatic N) is 1. The Balaban J connectivity index is 1.85. The first kappa shape index (κ1) is 7.37. The normalized spacial score (nSPS) is 57.0.